The molecule has 0 radical (unpaired) electrons. The summed E-state index contributed by atoms with van der Waals surface area (Å²) in [4.78, 5) is 24.5. The molecule has 8 nitrogen and oxygen atoms in total. The Balaban J connectivity index is 1.31. The van der Waals surface area contributed by atoms with Gasteiger partial charge in [0.05, 0.1) is 16.7 Å². The lowest BCUT2D eigenvalue weighted by atomic mass is 10.2. The molecule has 0 heterocycles. The third kappa shape index (κ3) is 6.81. The summed E-state index contributed by atoms with van der Waals surface area (Å²) in [6.45, 7) is 0. The number of sulfonamides is 1. The molecule has 0 saturated carbocycles. The highest BCUT2D eigenvalue weighted by molar-refractivity contribution is 7.92. The van der Waals surface area contributed by atoms with Crippen molar-refractivity contribution >= 4 is 45.4 Å². The molecule has 192 valence electrons. The van der Waals surface area contributed by atoms with Crippen molar-refractivity contribution in [2.75, 3.05) is 4.72 Å². The molecule has 0 aliphatic heterocycles. The van der Waals surface area contributed by atoms with Crippen molar-refractivity contribution in [1.82, 2.24) is 5.43 Å². The predicted octanol–water partition coefficient (Wildman–Crippen LogP) is 5.26. The van der Waals surface area contributed by atoms with Crippen LogP contribution in [-0.2, 0) is 10.0 Å². The van der Waals surface area contributed by atoms with Gasteiger partial charge in [-0.15, -0.1) is 0 Å². The quantitative estimate of drug-likeness (QED) is 0.134. The van der Waals surface area contributed by atoms with E-state index in [2.05, 4.69) is 15.2 Å². The Morgan fingerprint density at radius 1 is 0.868 bits per heavy atom. The Labute approximate surface area is 222 Å². The molecule has 0 aromatic heterocycles. The molecule has 4 aromatic rings. The van der Waals surface area contributed by atoms with Gasteiger partial charge in [-0.25, -0.2) is 23.0 Å². The van der Waals surface area contributed by atoms with Crippen LogP contribution in [0.2, 0.25) is 5.02 Å². The van der Waals surface area contributed by atoms with Gasteiger partial charge in [0.15, 0.2) is 0 Å². The van der Waals surface area contributed by atoms with E-state index in [0.717, 1.165) is 0 Å². The summed E-state index contributed by atoms with van der Waals surface area (Å²) in [6, 6.07) is 23.2. The monoisotopic (exact) mass is 551 g/mol. The van der Waals surface area contributed by atoms with E-state index in [4.69, 9.17) is 16.3 Å². The minimum atomic E-state index is -3.81. The van der Waals surface area contributed by atoms with Crippen LogP contribution in [0.4, 0.5) is 10.1 Å². The standard InChI is InChI=1S/C27H19ClFN3O5S/c28-20-9-15-23(16-10-20)38(35,36)32-21-11-7-19(8-12-21)26(33)31-30-17-18-5-13-22(14-6-18)37-27(34)24-3-1-2-4-25(24)29/h1-17,32H,(H,31,33)/b30-17+. The van der Waals surface area contributed by atoms with Crippen molar-refractivity contribution in [3.63, 3.8) is 0 Å². The van der Waals surface area contributed by atoms with Crippen molar-refractivity contribution in [2.24, 2.45) is 5.10 Å². The number of nitrogens with zero attached hydrogens (tertiary/aromatic N) is 1. The number of nitrogens with one attached hydrogen (secondary N) is 2. The summed E-state index contributed by atoms with van der Waals surface area (Å²) >= 11 is 5.80. The van der Waals surface area contributed by atoms with Crippen molar-refractivity contribution < 1.29 is 27.1 Å². The van der Waals surface area contributed by atoms with E-state index in [0.29, 0.717) is 10.6 Å². The molecule has 0 unspecified atom stereocenters. The van der Waals surface area contributed by atoms with Crippen LogP contribution in [0.3, 0.4) is 0 Å². The number of anilines is 1. The molecule has 0 aliphatic carbocycles. The third-order valence-corrected chi connectivity index (χ3v) is 6.74. The van der Waals surface area contributed by atoms with Crippen LogP contribution >= 0.6 is 11.6 Å². The predicted molar refractivity (Wildman–Crippen MR) is 142 cm³/mol. The van der Waals surface area contributed by atoms with E-state index in [1.165, 1.54) is 91.1 Å². The van der Waals surface area contributed by atoms with E-state index in [1.54, 1.807) is 12.1 Å². The molecule has 0 spiro atoms. The van der Waals surface area contributed by atoms with Gasteiger partial charge < -0.3 is 4.74 Å². The maximum Gasteiger partial charge on any atom is 0.346 e. The Kier molecular flexibility index (Phi) is 8.15. The number of hydrogen-bond donors (Lipinski definition) is 2. The Hall–Kier alpha value is -4.54. The van der Waals surface area contributed by atoms with Crippen LogP contribution in [0.25, 0.3) is 0 Å². The number of carbonyl (C=O) groups excluding carboxylic acids is 2. The van der Waals surface area contributed by atoms with Crippen LogP contribution in [0.5, 0.6) is 5.75 Å². The molecule has 1 amide bonds. The summed E-state index contributed by atoms with van der Waals surface area (Å²) in [5.41, 5.74) is 3.33. The second-order valence-corrected chi connectivity index (χ2v) is 9.89. The highest BCUT2D eigenvalue weighted by Gasteiger charge is 2.15. The first kappa shape index (κ1) is 26.5. The van der Waals surface area contributed by atoms with Crippen LogP contribution in [0.1, 0.15) is 26.3 Å². The number of hydrazone groups is 1. The van der Waals surface area contributed by atoms with Gasteiger partial charge in [0.2, 0.25) is 0 Å². The third-order valence-electron chi connectivity index (χ3n) is 5.09. The lowest BCUT2D eigenvalue weighted by Crippen LogP contribution is -2.18. The summed E-state index contributed by atoms with van der Waals surface area (Å²) in [6.07, 6.45) is 1.38. The molecule has 0 aliphatic rings. The lowest BCUT2D eigenvalue weighted by molar-refractivity contribution is 0.0729. The number of halogens is 2. The Bertz CT molecular complexity index is 1590. The highest BCUT2D eigenvalue weighted by Crippen LogP contribution is 2.19. The van der Waals surface area contributed by atoms with E-state index in [9.17, 15) is 22.4 Å². The Morgan fingerprint density at radius 2 is 1.53 bits per heavy atom. The van der Waals surface area contributed by atoms with Crippen molar-refractivity contribution in [1.29, 1.82) is 0 Å². The molecule has 38 heavy (non-hydrogen) atoms. The zero-order valence-corrected chi connectivity index (χ0v) is 21.0. The molecule has 11 heteroatoms. The van der Waals surface area contributed by atoms with Crippen molar-refractivity contribution in [3.8, 4) is 5.75 Å². The summed E-state index contributed by atoms with van der Waals surface area (Å²) in [7, 11) is -3.81. The maximum atomic E-state index is 13.7. The number of ether oxygens (including phenoxy) is 1. The van der Waals surface area contributed by atoms with E-state index >= 15 is 0 Å². The van der Waals surface area contributed by atoms with Crippen LogP contribution in [0.15, 0.2) is 107 Å². The molecule has 4 rings (SSSR count). The fourth-order valence-electron chi connectivity index (χ4n) is 3.16. The first-order valence-electron chi connectivity index (χ1n) is 11.0. The first-order chi connectivity index (χ1) is 18.2. The van der Waals surface area contributed by atoms with Crippen LogP contribution in [-0.4, -0.2) is 26.5 Å². The molecule has 0 atom stereocenters. The summed E-state index contributed by atoms with van der Waals surface area (Å²) < 4.78 is 46.2. The van der Waals surface area contributed by atoms with Gasteiger partial charge in [-0.05, 0) is 90.5 Å². The van der Waals surface area contributed by atoms with Crippen molar-refractivity contribution in [2.45, 2.75) is 4.90 Å². The van der Waals surface area contributed by atoms with Gasteiger partial charge in [0, 0.05) is 16.3 Å². The fraction of sp³-hybridized carbons (Fsp3) is 0. The number of hydrogen-bond acceptors (Lipinski definition) is 6. The molecule has 0 fully saturated rings. The minimum Gasteiger partial charge on any atom is -0.423 e. The normalized spacial score (nSPS) is 11.2. The van der Waals surface area contributed by atoms with Gasteiger partial charge in [0.1, 0.15) is 11.6 Å². The average Bonchev–Trinajstić information content (AvgIpc) is 2.90. The fourth-order valence-corrected chi connectivity index (χ4v) is 4.34. The largest absolute Gasteiger partial charge is 0.423 e. The molecule has 0 saturated heterocycles. The van der Waals surface area contributed by atoms with Gasteiger partial charge >= 0.3 is 5.97 Å². The molecular formula is C27H19ClFN3O5S. The van der Waals surface area contributed by atoms with E-state index in [-0.39, 0.29) is 27.5 Å². The molecular weight excluding hydrogens is 533 g/mol. The first-order valence-corrected chi connectivity index (χ1v) is 12.9. The van der Waals surface area contributed by atoms with E-state index in [1.807, 2.05) is 0 Å². The van der Waals surface area contributed by atoms with Gasteiger partial charge in [-0.3, -0.25) is 9.52 Å². The zero-order chi connectivity index (χ0) is 27.1. The number of benzene rings is 4. The average molecular weight is 552 g/mol. The minimum absolute atomic E-state index is 0.0503. The number of carbonyl (C=O) groups is 2. The molecule has 0 bridgehead atoms. The topological polar surface area (TPSA) is 114 Å². The van der Waals surface area contributed by atoms with Crippen molar-refractivity contribution in [3.05, 3.63) is 125 Å². The van der Waals surface area contributed by atoms with Crippen LogP contribution in [0, 0.1) is 5.82 Å². The SMILES string of the molecule is O=C(N/N=C/c1ccc(OC(=O)c2ccccc2F)cc1)c1ccc(NS(=O)(=O)c2ccc(Cl)cc2)cc1. The molecule has 2 N–H and O–H groups in total. The smallest absolute Gasteiger partial charge is 0.346 e. The second kappa shape index (κ2) is 11.7. The number of amides is 1. The number of rotatable bonds is 8. The number of esters is 1. The highest BCUT2D eigenvalue weighted by atomic mass is 35.5. The zero-order valence-electron chi connectivity index (χ0n) is 19.5. The summed E-state index contributed by atoms with van der Waals surface area (Å²) in [5, 5.41) is 4.31. The van der Waals surface area contributed by atoms with Gasteiger partial charge in [-0.1, -0.05) is 23.7 Å². The molecule has 4 aromatic carbocycles. The lowest BCUT2D eigenvalue weighted by Gasteiger charge is -2.09. The van der Waals surface area contributed by atoms with E-state index < -0.39 is 27.7 Å². The van der Waals surface area contributed by atoms with Crippen LogP contribution < -0.4 is 14.9 Å². The Morgan fingerprint density at radius 3 is 2.18 bits per heavy atom. The van der Waals surface area contributed by atoms with Gasteiger partial charge in [-0.2, -0.15) is 5.10 Å². The second-order valence-electron chi connectivity index (χ2n) is 7.77. The maximum absolute atomic E-state index is 13.7. The van der Waals surface area contributed by atoms with Gasteiger partial charge in [0.25, 0.3) is 15.9 Å². The summed E-state index contributed by atoms with van der Waals surface area (Å²) in [5.74, 6) is -1.79.